The van der Waals surface area contributed by atoms with E-state index in [0.717, 1.165) is 41.5 Å². The van der Waals surface area contributed by atoms with Gasteiger partial charge in [0.1, 0.15) is 0 Å². The van der Waals surface area contributed by atoms with Gasteiger partial charge in [-0.1, -0.05) is 79.9 Å². The summed E-state index contributed by atoms with van der Waals surface area (Å²) in [6.45, 7) is 11.0. The van der Waals surface area contributed by atoms with E-state index in [-0.39, 0.29) is 10.9 Å². The van der Waals surface area contributed by atoms with E-state index < -0.39 is 24.1 Å². The van der Waals surface area contributed by atoms with Crippen molar-refractivity contribution in [2.24, 2.45) is 27.2 Å². The summed E-state index contributed by atoms with van der Waals surface area (Å²) in [5.41, 5.74) is 5.33. The molecule has 0 bridgehead atoms. The van der Waals surface area contributed by atoms with Crippen LogP contribution in [0.4, 0.5) is 0 Å². The van der Waals surface area contributed by atoms with Crippen LogP contribution in [0.2, 0.25) is 0 Å². The quantitative estimate of drug-likeness (QED) is 0.0364. The number of rotatable bonds is 13. The molecule has 2 rings (SSSR count). The lowest BCUT2D eigenvalue weighted by Gasteiger charge is -2.27. The zero-order valence-corrected chi connectivity index (χ0v) is 24.3. The summed E-state index contributed by atoms with van der Waals surface area (Å²) >= 11 is 6.36. The predicted octanol–water partition coefficient (Wildman–Crippen LogP) is 4.63. The molecule has 2 aromatic rings. The third kappa shape index (κ3) is 9.10. The number of amidine groups is 1. The van der Waals surface area contributed by atoms with Crippen molar-refractivity contribution in [2.75, 3.05) is 13.3 Å². The first-order chi connectivity index (χ1) is 19.1. The molecule has 0 amide bonds. The van der Waals surface area contributed by atoms with Crippen molar-refractivity contribution in [3.63, 3.8) is 0 Å². The van der Waals surface area contributed by atoms with Crippen molar-refractivity contribution in [2.45, 2.75) is 53.5 Å². The number of ether oxygens (including phenoxy) is 2. The number of nitrogens with one attached hydrogen (secondary N) is 1. The molecule has 0 aliphatic carbocycles. The molecule has 11 heteroatoms. The summed E-state index contributed by atoms with van der Waals surface area (Å²) in [5.74, 6) is 10.2. The molecule has 0 fully saturated rings. The van der Waals surface area contributed by atoms with E-state index in [1.54, 1.807) is 25.7 Å². The van der Waals surface area contributed by atoms with Crippen LogP contribution < -0.4 is 17.1 Å². The van der Waals surface area contributed by atoms with E-state index in [4.69, 9.17) is 32.8 Å². The number of carbonyl (C=O) groups is 2. The van der Waals surface area contributed by atoms with Gasteiger partial charge in [-0.25, -0.2) is 15.6 Å². The number of halogens is 1. The highest BCUT2D eigenvalue weighted by atomic mass is 35.5. The van der Waals surface area contributed by atoms with Gasteiger partial charge in [-0.15, -0.1) is 0 Å². The molecule has 0 radical (unpaired) electrons. The summed E-state index contributed by atoms with van der Waals surface area (Å²) in [6.07, 6.45) is 2.76. The lowest BCUT2D eigenvalue weighted by atomic mass is 9.98. The Hall–Kier alpha value is -3.89. The minimum absolute atomic E-state index is 0.0480. The van der Waals surface area contributed by atoms with E-state index in [2.05, 4.69) is 29.2 Å². The lowest BCUT2D eigenvalue weighted by Crippen LogP contribution is -2.32. The zero-order valence-electron chi connectivity index (χ0n) is 23.6. The molecule has 2 aromatic carbocycles. The summed E-state index contributed by atoms with van der Waals surface area (Å²) in [7, 11) is 0. The first-order valence-electron chi connectivity index (χ1n) is 13.0. The minimum Gasteiger partial charge on any atom is -0.427 e. The number of esters is 2. The van der Waals surface area contributed by atoms with Crippen LogP contribution in [0.25, 0.3) is 11.1 Å². The van der Waals surface area contributed by atoms with Gasteiger partial charge in [0, 0.05) is 18.7 Å². The Morgan fingerprint density at radius 1 is 1.07 bits per heavy atom. The van der Waals surface area contributed by atoms with Crippen molar-refractivity contribution in [3.05, 3.63) is 70.5 Å². The van der Waals surface area contributed by atoms with Crippen LogP contribution in [0, 0.1) is 5.41 Å². The Morgan fingerprint density at radius 3 is 2.33 bits per heavy atom. The van der Waals surface area contributed by atoms with Crippen molar-refractivity contribution < 1.29 is 19.1 Å². The maximum absolute atomic E-state index is 13.1. The topological polar surface area (TPSA) is 145 Å². The third-order valence-electron chi connectivity index (χ3n) is 5.95. The fourth-order valence-corrected chi connectivity index (χ4v) is 4.00. The number of nitrogens with zero attached hydrogens (tertiary/aromatic N) is 3. The fourth-order valence-electron chi connectivity index (χ4n) is 3.80. The molecule has 10 nitrogen and oxygen atoms in total. The molecule has 0 atom stereocenters. The van der Waals surface area contributed by atoms with E-state index in [9.17, 15) is 9.59 Å². The molecular weight excluding hydrogens is 532 g/mol. The second kappa shape index (κ2) is 15.6. The van der Waals surface area contributed by atoms with Gasteiger partial charge in [-0.3, -0.25) is 4.79 Å². The monoisotopic (exact) mass is 570 g/mol. The van der Waals surface area contributed by atoms with Gasteiger partial charge in [0.05, 0.1) is 5.41 Å². The number of hydrazine groups is 1. The normalized spacial score (nSPS) is 12.3. The van der Waals surface area contributed by atoms with Gasteiger partial charge in [-0.05, 0) is 50.6 Å². The zero-order chi connectivity index (χ0) is 29.7. The largest absolute Gasteiger partial charge is 0.427 e. The second-order valence-electron chi connectivity index (χ2n) is 10.0. The Bertz CT molecular complexity index is 1220. The van der Waals surface area contributed by atoms with Gasteiger partial charge in [0.15, 0.2) is 16.7 Å². The molecule has 0 spiro atoms. The molecule has 216 valence electrons. The van der Waals surface area contributed by atoms with Crippen LogP contribution in [0.15, 0.2) is 69.5 Å². The second-order valence-corrected chi connectivity index (χ2v) is 10.4. The molecule has 0 saturated carbocycles. The number of aliphatic imine (C=N–C) groups is 1. The highest BCUT2D eigenvalue weighted by Gasteiger charge is 2.26. The van der Waals surface area contributed by atoms with Crippen LogP contribution in [0.1, 0.15) is 58.1 Å². The Kier molecular flexibility index (Phi) is 12.6. The van der Waals surface area contributed by atoms with Crippen LogP contribution in [-0.4, -0.2) is 42.7 Å². The summed E-state index contributed by atoms with van der Waals surface area (Å²) in [5, 5.41) is 3.63. The maximum atomic E-state index is 13.1. The average Bonchev–Trinajstić information content (AvgIpc) is 2.94. The van der Waals surface area contributed by atoms with E-state index >= 15 is 0 Å². The summed E-state index contributed by atoms with van der Waals surface area (Å²) in [6, 6.07) is 15.4. The predicted molar refractivity (Wildman–Crippen MR) is 159 cm³/mol. The molecule has 40 heavy (non-hydrogen) atoms. The van der Waals surface area contributed by atoms with Crippen molar-refractivity contribution >= 4 is 36.1 Å². The van der Waals surface area contributed by atoms with Crippen molar-refractivity contribution in [1.82, 2.24) is 10.3 Å². The van der Waals surface area contributed by atoms with Crippen LogP contribution in [-0.2, 0) is 25.6 Å². The van der Waals surface area contributed by atoms with Crippen LogP contribution in [0.3, 0.4) is 0 Å². The number of hydrogen-bond donors (Lipinski definition) is 3. The minimum atomic E-state index is -0.760. The molecule has 0 aliphatic rings. The first kappa shape index (κ1) is 32.3. The lowest BCUT2D eigenvalue weighted by molar-refractivity contribution is -0.171. The summed E-state index contributed by atoms with van der Waals surface area (Å²) in [4.78, 5) is 30.8. The van der Waals surface area contributed by atoms with Gasteiger partial charge < -0.3 is 25.6 Å². The van der Waals surface area contributed by atoms with Crippen molar-refractivity contribution in [3.8, 4) is 11.1 Å². The third-order valence-corrected chi connectivity index (χ3v) is 6.25. The number of benzene rings is 2. The first-order valence-corrected chi connectivity index (χ1v) is 13.3. The molecule has 0 saturated heterocycles. The van der Waals surface area contributed by atoms with Crippen LogP contribution in [0.5, 0.6) is 0 Å². The summed E-state index contributed by atoms with van der Waals surface area (Å²) < 4.78 is 10.4. The van der Waals surface area contributed by atoms with E-state index in [1.807, 2.05) is 48.5 Å². The number of carbonyl (C=O) groups excluding carboxylic acids is 2. The molecule has 5 N–H and O–H groups in total. The number of unbranched alkanes of at least 4 members (excludes halogenated alkanes) is 2. The van der Waals surface area contributed by atoms with Crippen molar-refractivity contribution in [1.29, 1.82) is 0 Å². The average molecular weight is 571 g/mol. The van der Waals surface area contributed by atoms with Gasteiger partial charge in [0.2, 0.25) is 6.79 Å². The van der Waals surface area contributed by atoms with E-state index in [0.29, 0.717) is 18.9 Å². The SMILES string of the molecule is C=N/C(Cl)=C(/C(=O)OCOC(=O)C(C)(C)C)N(CCCCC)Cc1ccc(-c2ccccc2/C(=N/N)NN)cc1. The molecule has 0 unspecified atom stereocenters. The number of nitrogens with two attached hydrogens (primary N) is 2. The van der Waals surface area contributed by atoms with Gasteiger partial charge in [-0.2, -0.15) is 5.10 Å². The Morgan fingerprint density at radius 2 is 1.75 bits per heavy atom. The molecular formula is C29H39ClN6O4. The molecule has 0 aliphatic heterocycles. The Balaban J connectivity index is 2.32. The molecule has 0 heterocycles. The maximum Gasteiger partial charge on any atom is 0.360 e. The Labute approximate surface area is 241 Å². The van der Waals surface area contributed by atoms with Gasteiger partial charge >= 0.3 is 11.9 Å². The van der Waals surface area contributed by atoms with E-state index in [1.165, 1.54) is 0 Å². The highest BCUT2D eigenvalue weighted by Crippen LogP contribution is 2.26. The molecule has 0 aromatic heterocycles. The fraction of sp³-hybridized carbons (Fsp3) is 0.379. The smallest absolute Gasteiger partial charge is 0.360 e. The number of hydrazone groups is 1. The van der Waals surface area contributed by atoms with Crippen LogP contribution >= 0.6 is 11.6 Å². The van der Waals surface area contributed by atoms with Gasteiger partial charge in [0.25, 0.3) is 0 Å². The highest BCUT2D eigenvalue weighted by molar-refractivity contribution is 6.31. The standard InChI is InChI=1S/C29H39ClN6O4/c1-6-7-10-17-36(24(25(30)33-5)27(37)39-19-40-28(38)29(2,3)4)18-20-13-15-21(16-14-20)22-11-8-9-12-23(22)26(34-31)35-32/h8-9,11-16H,5-7,10,17-19,31-32H2,1-4H3,(H,34,35)/b25-24-. The number of hydrogen-bond acceptors (Lipinski definition) is 9.